The molecular formula is C28H43N2O3+. The van der Waals surface area contributed by atoms with Crippen molar-refractivity contribution in [2.24, 2.45) is 23.7 Å². The molecular weight excluding hydrogens is 412 g/mol. The maximum atomic E-state index is 13.0. The molecule has 0 aromatic carbocycles. The van der Waals surface area contributed by atoms with Crippen molar-refractivity contribution in [2.75, 3.05) is 19.7 Å². The van der Waals surface area contributed by atoms with Crippen LogP contribution in [0.15, 0.2) is 34.6 Å². The van der Waals surface area contributed by atoms with E-state index >= 15 is 0 Å². The topological polar surface area (TPSA) is 61.5 Å². The van der Waals surface area contributed by atoms with Crippen LogP contribution in [0.5, 0.6) is 0 Å². The van der Waals surface area contributed by atoms with Crippen LogP contribution in [0.4, 0.5) is 0 Å². The third-order valence-corrected chi connectivity index (χ3v) is 8.15. The molecule has 3 aliphatic carbocycles. The largest absolute Gasteiger partial charge is 0.489 e. The lowest BCUT2D eigenvalue weighted by atomic mass is 9.63. The number of carbonyl (C=O) groups excluding carboxylic acids is 1. The Labute approximate surface area is 199 Å². The average molecular weight is 456 g/mol. The molecule has 0 aromatic heterocycles. The van der Waals surface area contributed by atoms with Gasteiger partial charge in [0.1, 0.15) is 18.4 Å². The molecule has 0 saturated heterocycles. The summed E-state index contributed by atoms with van der Waals surface area (Å²) in [5.74, 6) is 2.15. The van der Waals surface area contributed by atoms with E-state index in [-0.39, 0.29) is 23.9 Å². The number of hydrogen-bond acceptors (Lipinski definition) is 4. The predicted octanol–water partition coefficient (Wildman–Crippen LogP) is 3.46. The van der Waals surface area contributed by atoms with Gasteiger partial charge in [0, 0.05) is 29.5 Å². The number of fused-ring (bicyclic) bond motifs is 2. The first kappa shape index (κ1) is 24.3. The van der Waals surface area contributed by atoms with E-state index in [9.17, 15) is 4.79 Å². The van der Waals surface area contributed by atoms with Crippen LogP contribution in [0.2, 0.25) is 0 Å². The van der Waals surface area contributed by atoms with Crippen LogP contribution >= 0.6 is 0 Å². The van der Waals surface area contributed by atoms with Gasteiger partial charge < -0.3 is 14.8 Å². The van der Waals surface area contributed by atoms with E-state index in [2.05, 4.69) is 50.2 Å². The van der Waals surface area contributed by atoms with Gasteiger partial charge in [-0.2, -0.15) is 0 Å². The van der Waals surface area contributed by atoms with Gasteiger partial charge in [0.2, 0.25) is 5.71 Å². The molecule has 6 atom stereocenters. The molecule has 2 saturated carbocycles. The fourth-order valence-electron chi connectivity index (χ4n) is 6.63. The van der Waals surface area contributed by atoms with Gasteiger partial charge in [-0.25, -0.2) is 4.99 Å². The number of nitrogens with one attached hydrogen (secondary N) is 2. The molecule has 4 rings (SSSR count). The third-order valence-electron chi connectivity index (χ3n) is 8.15. The fourth-order valence-corrected chi connectivity index (χ4v) is 6.63. The van der Waals surface area contributed by atoms with E-state index in [1.54, 1.807) is 0 Å². The lowest BCUT2D eigenvalue weighted by Gasteiger charge is -2.48. The maximum Gasteiger partial charge on any atom is 0.309 e. The third kappa shape index (κ3) is 4.84. The van der Waals surface area contributed by atoms with Crippen LogP contribution in [0.1, 0.15) is 73.1 Å². The summed E-state index contributed by atoms with van der Waals surface area (Å²) in [7, 11) is 0. The molecule has 0 spiro atoms. The van der Waals surface area contributed by atoms with Crippen molar-refractivity contribution in [1.82, 2.24) is 5.32 Å². The number of rotatable bonds is 6. The van der Waals surface area contributed by atoms with Crippen molar-refractivity contribution in [2.45, 2.75) is 85.3 Å². The Morgan fingerprint density at radius 2 is 1.94 bits per heavy atom. The minimum Gasteiger partial charge on any atom is -0.489 e. The Morgan fingerprint density at radius 1 is 1.15 bits per heavy atom. The van der Waals surface area contributed by atoms with Gasteiger partial charge in [0.15, 0.2) is 0 Å². The zero-order valence-electron chi connectivity index (χ0n) is 21.2. The molecule has 0 bridgehead atoms. The Bertz CT molecular complexity index is 868. The van der Waals surface area contributed by atoms with Crippen LogP contribution in [-0.2, 0) is 14.3 Å². The SMILES string of the molecule is CCNC1CC2OC3=CC(=[NH+]CC)C(C)=CC3=C(C3CCCCC3C(=O)OCC)C2CC1C. The predicted molar refractivity (Wildman–Crippen MR) is 132 cm³/mol. The van der Waals surface area contributed by atoms with Gasteiger partial charge in [-0.1, -0.05) is 26.7 Å². The Balaban J connectivity index is 1.80. The second-order valence-electron chi connectivity index (χ2n) is 10.3. The van der Waals surface area contributed by atoms with E-state index < -0.39 is 0 Å². The monoisotopic (exact) mass is 455 g/mol. The highest BCUT2D eigenvalue weighted by molar-refractivity contribution is 6.06. The first-order chi connectivity index (χ1) is 16.0. The van der Waals surface area contributed by atoms with Crippen LogP contribution in [0.3, 0.4) is 0 Å². The molecule has 0 aromatic rings. The Hall–Kier alpha value is -1.88. The van der Waals surface area contributed by atoms with Crippen molar-refractivity contribution < 1.29 is 19.3 Å². The number of allylic oxidation sites excluding steroid dienone is 3. The minimum absolute atomic E-state index is 0.00494. The molecule has 182 valence electrons. The highest BCUT2D eigenvalue weighted by Crippen LogP contribution is 2.51. The van der Waals surface area contributed by atoms with Crippen molar-refractivity contribution in [3.8, 4) is 0 Å². The standard InChI is InChI=1S/C28H42N2O3/c1-6-29-23-15-25-21(13-17(23)4)27(19-11-9-10-12-20(19)28(31)32-8-3)22-14-18(5)24(30-7-2)16-26(22)33-25/h13,15,18-20,22,24,26,30H,6-12,14,16H2,1-5H3/p+1. The Kier molecular flexibility index (Phi) is 7.78. The quantitative estimate of drug-likeness (QED) is 0.602. The molecule has 0 radical (unpaired) electrons. The summed E-state index contributed by atoms with van der Waals surface area (Å²) in [5, 5.41) is 3.69. The molecule has 0 amide bonds. The number of hydrogen-bond donors (Lipinski definition) is 2. The fraction of sp³-hybridized carbons (Fsp3) is 0.714. The summed E-state index contributed by atoms with van der Waals surface area (Å²) in [6.07, 6.45) is 11.1. The zero-order chi connectivity index (χ0) is 23.5. The highest BCUT2D eigenvalue weighted by Gasteiger charge is 2.48. The van der Waals surface area contributed by atoms with Crippen LogP contribution in [0, 0.1) is 23.7 Å². The smallest absolute Gasteiger partial charge is 0.309 e. The molecule has 1 heterocycles. The van der Waals surface area contributed by atoms with Crippen molar-refractivity contribution in [3.05, 3.63) is 34.6 Å². The van der Waals surface area contributed by atoms with E-state index in [0.717, 1.165) is 56.7 Å². The minimum atomic E-state index is -0.0316. The normalized spacial score (nSPS) is 35.2. The van der Waals surface area contributed by atoms with Crippen LogP contribution in [0.25, 0.3) is 0 Å². The second kappa shape index (κ2) is 10.6. The van der Waals surface area contributed by atoms with E-state index in [4.69, 9.17) is 9.47 Å². The lowest BCUT2D eigenvalue weighted by molar-refractivity contribution is -0.451. The van der Waals surface area contributed by atoms with Gasteiger partial charge >= 0.3 is 5.97 Å². The highest BCUT2D eigenvalue weighted by atomic mass is 16.5. The van der Waals surface area contributed by atoms with Crippen LogP contribution in [-0.4, -0.2) is 43.5 Å². The molecule has 4 aliphatic rings. The van der Waals surface area contributed by atoms with E-state index in [1.165, 1.54) is 23.1 Å². The summed E-state index contributed by atoms with van der Waals surface area (Å²) in [5.41, 5.74) is 5.11. The van der Waals surface area contributed by atoms with Gasteiger partial charge in [-0.15, -0.1) is 0 Å². The first-order valence-corrected chi connectivity index (χ1v) is 13.3. The van der Waals surface area contributed by atoms with Gasteiger partial charge in [0.05, 0.1) is 18.6 Å². The van der Waals surface area contributed by atoms with Crippen molar-refractivity contribution >= 4 is 11.7 Å². The number of esters is 1. The van der Waals surface area contributed by atoms with Gasteiger partial charge in [-0.05, 0) is 70.1 Å². The average Bonchev–Trinajstić information content (AvgIpc) is 2.80. The number of carbonyl (C=O) groups is 1. The van der Waals surface area contributed by atoms with Crippen LogP contribution < -0.4 is 10.3 Å². The molecule has 33 heavy (non-hydrogen) atoms. The summed E-state index contributed by atoms with van der Waals surface area (Å²) in [6.45, 7) is 13.1. The van der Waals surface area contributed by atoms with Gasteiger partial charge in [-0.3, -0.25) is 4.79 Å². The molecule has 1 aliphatic heterocycles. The lowest BCUT2D eigenvalue weighted by Crippen LogP contribution is -2.72. The maximum absolute atomic E-state index is 13.0. The molecule has 5 heteroatoms. The van der Waals surface area contributed by atoms with Gasteiger partial charge in [0.25, 0.3) is 0 Å². The molecule has 6 unspecified atom stereocenters. The zero-order valence-corrected chi connectivity index (χ0v) is 21.2. The summed E-state index contributed by atoms with van der Waals surface area (Å²) >= 11 is 0. The van der Waals surface area contributed by atoms with Crippen molar-refractivity contribution in [1.29, 1.82) is 0 Å². The first-order valence-electron chi connectivity index (χ1n) is 13.3. The van der Waals surface area contributed by atoms with E-state index in [0.29, 0.717) is 24.5 Å². The second-order valence-corrected chi connectivity index (χ2v) is 10.3. The summed E-state index contributed by atoms with van der Waals surface area (Å²) in [4.78, 5) is 16.5. The Morgan fingerprint density at radius 3 is 2.67 bits per heavy atom. The molecule has 5 nitrogen and oxygen atoms in total. The number of ether oxygens (including phenoxy) is 2. The van der Waals surface area contributed by atoms with E-state index in [1.807, 2.05) is 6.92 Å². The van der Waals surface area contributed by atoms with Crippen molar-refractivity contribution in [3.63, 3.8) is 0 Å². The molecule has 2 N–H and O–H groups in total. The summed E-state index contributed by atoms with van der Waals surface area (Å²) < 4.78 is 12.3. The molecule has 2 fully saturated rings. The summed E-state index contributed by atoms with van der Waals surface area (Å²) in [6, 6.07) is 0.477.